The van der Waals surface area contributed by atoms with Crippen LogP contribution < -0.4 is 11.1 Å². The number of rotatable bonds is 1. The number of hydrogen-bond donors (Lipinski definition) is 2. The van der Waals surface area contributed by atoms with Crippen molar-refractivity contribution in [3.63, 3.8) is 0 Å². The molecule has 1 heterocycles. The highest BCUT2D eigenvalue weighted by molar-refractivity contribution is 6.07. The lowest BCUT2D eigenvalue weighted by molar-refractivity contribution is -0.123. The molecule has 0 aromatic heterocycles. The topological polar surface area (TPSA) is 67.5 Å². The molecule has 4 heteroatoms. The lowest BCUT2D eigenvalue weighted by Crippen LogP contribution is -2.37. The second-order valence-electron chi connectivity index (χ2n) is 4.34. The van der Waals surface area contributed by atoms with Gasteiger partial charge in [-0.1, -0.05) is 23.8 Å². The summed E-state index contributed by atoms with van der Waals surface area (Å²) in [5.74, 6) is 0.0205. The van der Waals surface area contributed by atoms with Gasteiger partial charge in [-0.25, -0.2) is 4.99 Å². The summed E-state index contributed by atoms with van der Waals surface area (Å²) in [7, 11) is 0. The quantitative estimate of drug-likeness (QED) is 0.735. The van der Waals surface area contributed by atoms with Gasteiger partial charge in [0.05, 0.1) is 0 Å². The van der Waals surface area contributed by atoms with Crippen molar-refractivity contribution in [3.05, 3.63) is 34.9 Å². The van der Waals surface area contributed by atoms with Crippen molar-refractivity contribution in [1.82, 2.24) is 5.32 Å². The first-order chi connectivity index (χ1) is 7.43. The molecule has 0 saturated carbocycles. The Hall–Kier alpha value is -1.84. The summed E-state index contributed by atoms with van der Waals surface area (Å²) in [5, 5.41) is 2.54. The fourth-order valence-corrected chi connectivity index (χ4v) is 2.00. The molecule has 4 nitrogen and oxygen atoms in total. The average Bonchev–Trinajstić information content (AvgIpc) is 2.46. The van der Waals surface area contributed by atoms with Crippen LogP contribution in [0.1, 0.15) is 23.6 Å². The number of aliphatic imine (C=N–C) groups is 1. The van der Waals surface area contributed by atoms with Gasteiger partial charge in [-0.2, -0.15) is 0 Å². The number of aryl methyl sites for hydroxylation is 2. The molecular formula is C12H15N3O. The number of benzene rings is 1. The van der Waals surface area contributed by atoms with Crippen molar-refractivity contribution in [2.24, 2.45) is 10.7 Å². The summed E-state index contributed by atoms with van der Waals surface area (Å²) in [6, 6.07) is 5.99. The number of hydrogen-bond acceptors (Lipinski definition) is 3. The van der Waals surface area contributed by atoms with Gasteiger partial charge in [0.1, 0.15) is 0 Å². The molecule has 1 aliphatic rings. The fraction of sp³-hybridized carbons (Fsp3) is 0.333. The Kier molecular flexibility index (Phi) is 2.22. The molecule has 1 aromatic carbocycles. The van der Waals surface area contributed by atoms with Crippen LogP contribution in [0.25, 0.3) is 0 Å². The molecule has 0 spiro atoms. The van der Waals surface area contributed by atoms with Gasteiger partial charge >= 0.3 is 0 Å². The van der Waals surface area contributed by atoms with Crippen LogP contribution in [0.3, 0.4) is 0 Å². The van der Waals surface area contributed by atoms with Crippen molar-refractivity contribution in [1.29, 1.82) is 0 Å². The van der Waals surface area contributed by atoms with Crippen LogP contribution in [0.5, 0.6) is 0 Å². The van der Waals surface area contributed by atoms with E-state index >= 15 is 0 Å². The highest BCUT2D eigenvalue weighted by Crippen LogP contribution is 2.31. The van der Waals surface area contributed by atoms with Gasteiger partial charge in [0, 0.05) is 0 Å². The normalized spacial score (nSPS) is 24.2. The van der Waals surface area contributed by atoms with E-state index in [9.17, 15) is 4.79 Å². The van der Waals surface area contributed by atoms with Gasteiger partial charge in [-0.15, -0.1) is 0 Å². The highest BCUT2D eigenvalue weighted by Gasteiger charge is 2.41. The molecule has 2 rings (SSSR count). The zero-order chi connectivity index (χ0) is 11.9. The third-order valence-electron chi connectivity index (χ3n) is 2.95. The number of nitrogens with one attached hydrogen (secondary N) is 1. The van der Waals surface area contributed by atoms with E-state index in [1.165, 1.54) is 0 Å². The Balaban J connectivity index is 2.59. The molecule has 0 aliphatic carbocycles. The Labute approximate surface area is 94.6 Å². The first kappa shape index (κ1) is 10.7. The van der Waals surface area contributed by atoms with Crippen LogP contribution in [0, 0.1) is 13.8 Å². The molecule has 0 fully saturated rings. The van der Waals surface area contributed by atoms with E-state index in [-0.39, 0.29) is 11.9 Å². The smallest absolute Gasteiger partial charge is 0.259 e. The van der Waals surface area contributed by atoms with Crippen molar-refractivity contribution in [3.8, 4) is 0 Å². The molecule has 1 amide bonds. The molecule has 0 saturated heterocycles. The number of nitrogens with two attached hydrogens (primary N) is 1. The second-order valence-corrected chi connectivity index (χ2v) is 4.34. The maximum Gasteiger partial charge on any atom is 0.259 e. The van der Waals surface area contributed by atoms with Gasteiger partial charge in [-0.05, 0) is 31.9 Å². The fourth-order valence-electron chi connectivity index (χ4n) is 2.00. The van der Waals surface area contributed by atoms with E-state index in [0.717, 1.165) is 16.7 Å². The summed E-state index contributed by atoms with van der Waals surface area (Å²) >= 11 is 0. The van der Waals surface area contributed by atoms with Crippen molar-refractivity contribution in [2.75, 3.05) is 0 Å². The molecule has 1 aliphatic heterocycles. The summed E-state index contributed by atoms with van der Waals surface area (Å²) in [6.07, 6.45) is 0. The van der Waals surface area contributed by atoms with Crippen molar-refractivity contribution < 1.29 is 4.79 Å². The van der Waals surface area contributed by atoms with E-state index in [2.05, 4.69) is 10.3 Å². The SMILES string of the molecule is Cc1ccc(C)c(C2(C)N=C(N)NC2=O)c1. The average molecular weight is 217 g/mol. The number of guanidine groups is 1. The maximum atomic E-state index is 11.9. The lowest BCUT2D eigenvalue weighted by atomic mass is 9.88. The van der Waals surface area contributed by atoms with E-state index < -0.39 is 5.54 Å². The van der Waals surface area contributed by atoms with Crippen LogP contribution in [0.4, 0.5) is 0 Å². The van der Waals surface area contributed by atoms with Gasteiger partial charge in [0.15, 0.2) is 11.5 Å². The van der Waals surface area contributed by atoms with Gasteiger partial charge < -0.3 is 5.73 Å². The van der Waals surface area contributed by atoms with Gasteiger partial charge in [0.2, 0.25) is 0 Å². The molecule has 0 radical (unpaired) electrons. The lowest BCUT2D eigenvalue weighted by Gasteiger charge is -2.20. The minimum Gasteiger partial charge on any atom is -0.370 e. The molecule has 1 atom stereocenters. The molecule has 1 unspecified atom stereocenters. The third-order valence-corrected chi connectivity index (χ3v) is 2.95. The van der Waals surface area contributed by atoms with Crippen molar-refractivity contribution >= 4 is 11.9 Å². The van der Waals surface area contributed by atoms with Crippen LogP contribution in [0.2, 0.25) is 0 Å². The Morgan fingerprint density at radius 2 is 2.06 bits per heavy atom. The largest absolute Gasteiger partial charge is 0.370 e. The Bertz CT molecular complexity index is 493. The first-order valence-corrected chi connectivity index (χ1v) is 5.18. The molecule has 16 heavy (non-hydrogen) atoms. The number of carbonyl (C=O) groups is 1. The second kappa shape index (κ2) is 3.33. The molecule has 0 bridgehead atoms. The minimum atomic E-state index is -0.889. The zero-order valence-corrected chi connectivity index (χ0v) is 9.66. The van der Waals surface area contributed by atoms with Crippen LogP contribution in [-0.2, 0) is 10.3 Å². The van der Waals surface area contributed by atoms with Crippen LogP contribution in [-0.4, -0.2) is 11.9 Å². The standard InChI is InChI=1S/C12H15N3O/c1-7-4-5-8(2)9(6-7)12(3)10(16)14-11(13)15-12/h4-6H,1-3H3,(H3,13,14,15,16). The molecular weight excluding hydrogens is 202 g/mol. The van der Waals surface area contributed by atoms with E-state index in [1.54, 1.807) is 6.92 Å². The first-order valence-electron chi connectivity index (χ1n) is 5.18. The minimum absolute atomic E-state index is 0.168. The highest BCUT2D eigenvalue weighted by atomic mass is 16.2. The number of amides is 1. The molecule has 84 valence electrons. The summed E-state index contributed by atoms with van der Waals surface area (Å²) < 4.78 is 0. The van der Waals surface area contributed by atoms with Crippen molar-refractivity contribution in [2.45, 2.75) is 26.3 Å². The van der Waals surface area contributed by atoms with Gasteiger partial charge in [-0.3, -0.25) is 10.1 Å². The van der Waals surface area contributed by atoms with Crippen LogP contribution in [0.15, 0.2) is 23.2 Å². The third kappa shape index (κ3) is 1.46. The Morgan fingerprint density at radius 1 is 1.38 bits per heavy atom. The summed E-state index contributed by atoms with van der Waals surface area (Å²) in [4.78, 5) is 16.1. The number of carbonyl (C=O) groups excluding carboxylic acids is 1. The van der Waals surface area contributed by atoms with E-state index in [1.807, 2.05) is 32.0 Å². The zero-order valence-electron chi connectivity index (χ0n) is 9.66. The van der Waals surface area contributed by atoms with Gasteiger partial charge in [0.25, 0.3) is 5.91 Å². The summed E-state index contributed by atoms with van der Waals surface area (Å²) in [5.41, 5.74) is 7.71. The molecule has 3 N–H and O–H groups in total. The van der Waals surface area contributed by atoms with E-state index in [0.29, 0.717) is 0 Å². The number of nitrogens with zero attached hydrogens (tertiary/aromatic N) is 1. The maximum absolute atomic E-state index is 11.9. The Morgan fingerprint density at radius 3 is 2.62 bits per heavy atom. The van der Waals surface area contributed by atoms with Crippen LogP contribution >= 0.6 is 0 Å². The predicted molar refractivity (Wildman–Crippen MR) is 63.0 cm³/mol. The summed E-state index contributed by atoms with van der Waals surface area (Å²) in [6.45, 7) is 5.74. The monoisotopic (exact) mass is 217 g/mol. The molecule has 1 aromatic rings. The van der Waals surface area contributed by atoms with E-state index in [4.69, 9.17) is 5.73 Å². The predicted octanol–water partition coefficient (Wildman–Crippen LogP) is 0.963.